The Balaban J connectivity index is 1.40. The van der Waals surface area contributed by atoms with Gasteiger partial charge in [0.1, 0.15) is 0 Å². The largest absolute Gasteiger partial charge is 0.345 e. The summed E-state index contributed by atoms with van der Waals surface area (Å²) in [7, 11) is 1.86. The van der Waals surface area contributed by atoms with Crippen molar-refractivity contribution in [3.05, 3.63) is 60.2 Å². The number of hydrogen-bond donors (Lipinski definition) is 0. The van der Waals surface area contributed by atoms with Crippen LogP contribution in [0.5, 0.6) is 0 Å². The molecule has 0 N–H and O–H groups in total. The second kappa shape index (κ2) is 10.7. The standard InChI is InChI=1S/C23H30N4O2/c1-26(15-11-21-8-2-3-13-25-21)22(28)10-9-19-7-5-14-27(18-19)23(29)16-20-6-4-12-24-17-20/h2-4,6,8,12-13,17,19H,5,7,9-11,14-16,18H2,1H3. The number of carbonyl (C=O) groups excluding carboxylic acids is 2. The first-order chi connectivity index (χ1) is 14.1. The Morgan fingerprint density at radius 2 is 2.10 bits per heavy atom. The minimum atomic E-state index is 0.154. The molecule has 3 heterocycles. The van der Waals surface area contributed by atoms with Crippen LogP contribution in [0.2, 0.25) is 0 Å². The Morgan fingerprint density at radius 3 is 2.86 bits per heavy atom. The molecule has 2 aromatic rings. The van der Waals surface area contributed by atoms with Crippen LogP contribution in [0.25, 0.3) is 0 Å². The van der Waals surface area contributed by atoms with Gasteiger partial charge in [-0.25, -0.2) is 0 Å². The van der Waals surface area contributed by atoms with Crippen LogP contribution < -0.4 is 0 Å². The topological polar surface area (TPSA) is 66.4 Å². The predicted octanol–water partition coefficient (Wildman–Crippen LogP) is 2.74. The summed E-state index contributed by atoms with van der Waals surface area (Å²) in [5.41, 5.74) is 1.95. The van der Waals surface area contributed by atoms with Gasteiger partial charge in [0.05, 0.1) is 6.42 Å². The van der Waals surface area contributed by atoms with E-state index in [4.69, 9.17) is 0 Å². The molecule has 1 fully saturated rings. The lowest BCUT2D eigenvalue weighted by Crippen LogP contribution is -2.41. The first-order valence-electron chi connectivity index (χ1n) is 10.4. The Bertz CT molecular complexity index is 782. The third kappa shape index (κ3) is 6.66. The summed E-state index contributed by atoms with van der Waals surface area (Å²) < 4.78 is 0. The quantitative estimate of drug-likeness (QED) is 0.691. The Labute approximate surface area is 173 Å². The van der Waals surface area contributed by atoms with Crippen LogP contribution in [0, 0.1) is 5.92 Å². The number of likely N-dealkylation sites (N-methyl/N-ethyl adjacent to an activating group) is 1. The fourth-order valence-electron chi connectivity index (χ4n) is 3.79. The zero-order valence-corrected chi connectivity index (χ0v) is 17.2. The van der Waals surface area contributed by atoms with Crippen LogP contribution in [-0.2, 0) is 22.4 Å². The second-order valence-electron chi connectivity index (χ2n) is 7.81. The predicted molar refractivity (Wildman–Crippen MR) is 112 cm³/mol. The second-order valence-corrected chi connectivity index (χ2v) is 7.81. The molecule has 0 aliphatic carbocycles. The third-order valence-electron chi connectivity index (χ3n) is 5.57. The van der Waals surface area contributed by atoms with Gasteiger partial charge in [-0.15, -0.1) is 0 Å². The van der Waals surface area contributed by atoms with Crippen molar-refractivity contribution in [2.24, 2.45) is 5.92 Å². The van der Waals surface area contributed by atoms with E-state index in [1.807, 2.05) is 42.3 Å². The van der Waals surface area contributed by atoms with Crippen LogP contribution >= 0.6 is 0 Å². The highest BCUT2D eigenvalue weighted by atomic mass is 16.2. The lowest BCUT2D eigenvalue weighted by molar-refractivity contribution is -0.132. The summed E-state index contributed by atoms with van der Waals surface area (Å²) >= 11 is 0. The molecule has 0 aromatic carbocycles. The molecule has 1 unspecified atom stereocenters. The Morgan fingerprint density at radius 1 is 1.21 bits per heavy atom. The van der Waals surface area contributed by atoms with Crippen molar-refractivity contribution < 1.29 is 9.59 Å². The number of nitrogens with zero attached hydrogens (tertiary/aromatic N) is 4. The molecule has 29 heavy (non-hydrogen) atoms. The van der Waals surface area contributed by atoms with Gasteiger partial charge >= 0.3 is 0 Å². The first kappa shape index (κ1) is 21.0. The van der Waals surface area contributed by atoms with Crippen molar-refractivity contribution in [1.82, 2.24) is 19.8 Å². The maximum Gasteiger partial charge on any atom is 0.227 e. The minimum absolute atomic E-state index is 0.154. The molecule has 6 nitrogen and oxygen atoms in total. The third-order valence-corrected chi connectivity index (χ3v) is 5.57. The molecule has 1 aliphatic heterocycles. The van der Waals surface area contributed by atoms with Crippen molar-refractivity contribution in [2.45, 2.75) is 38.5 Å². The van der Waals surface area contributed by atoms with E-state index in [1.165, 1.54) is 0 Å². The van der Waals surface area contributed by atoms with Crippen LogP contribution in [-0.4, -0.2) is 58.3 Å². The molecule has 2 aromatic heterocycles. The minimum Gasteiger partial charge on any atom is -0.345 e. The lowest BCUT2D eigenvalue weighted by atomic mass is 9.92. The zero-order chi connectivity index (χ0) is 20.5. The van der Waals surface area contributed by atoms with Gasteiger partial charge in [0.2, 0.25) is 11.8 Å². The molecule has 6 heteroatoms. The molecule has 2 amide bonds. The van der Waals surface area contributed by atoms with E-state index in [2.05, 4.69) is 9.97 Å². The van der Waals surface area contributed by atoms with E-state index in [1.54, 1.807) is 23.5 Å². The fourth-order valence-corrected chi connectivity index (χ4v) is 3.79. The van der Waals surface area contributed by atoms with Crippen molar-refractivity contribution in [3.63, 3.8) is 0 Å². The molecule has 0 bridgehead atoms. The van der Waals surface area contributed by atoms with Gasteiger partial charge < -0.3 is 9.80 Å². The van der Waals surface area contributed by atoms with Gasteiger partial charge in [-0.05, 0) is 48.9 Å². The maximum absolute atomic E-state index is 12.6. The van der Waals surface area contributed by atoms with E-state index < -0.39 is 0 Å². The van der Waals surface area contributed by atoms with Crippen molar-refractivity contribution >= 4 is 11.8 Å². The van der Waals surface area contributed by atoms with Crippen LogP contribution in [0.4, 0.5) is 0 Å². The molecule has 1 aliphatic rings. The smallest absolute Gasteiger partial charge is 0.227 e. The van der Waals surface area contributed by atoms with Crippen molar-refractivity contribution in [2.75, 3.05) is 26.7 Å². The summed E-state index contributed by atoms with van der Waals surface area (Å²) in [6.45, 7) is 2.24. The Kier molecular flexibility index (Phi) is 7.73. The maximum atomic E-state index is 12.6. The molecule has 3 rings (SSSR count). The molecule has 0 radical (unpaired) electrons. The van der Waals surface area contributed by atoms with Gasteiger partial charge in [0.25, 0.3) is 0 Å². The van der Waals surface area contributed by atoms with Gasteiger partial charge in [0, 0.05) is 63.8 Å². The molecular weight excluding hydrogens is 364 g/mol. The highest BCUT2D eigenvalue weighted by Gasteiger charge is 2.24. The highest BCUT2D eigenvalue weighted by Crippen LogP contribution is 2.22. The van der Waals surface area contributed by atoms with Gasteiger partial charge in [-0.3, -0.25) is 19.6 Å². The summed E-state index contributed by atoms with van der Waals surface area (Å²) in [5, 5.41) is 0. The summed E-state index contributed by atoms with van der Waals surface area (Å²) in [6, 6.07) is 9.64. The highest BCUT2D eigenvalue weighted by molar-refractivity contribution is 5.79. The fraction of sp³-hybridized carbons (Fsp3) is 0.478. The number of likely N-dealkylation sites (tertiary alicyclic amines) is 1. The number of amides is 2. The van der Waals surface area contributed by atoms with Gasteiger partial charge in [-0.1, -0.05) is 12.1 Å². The Hall–Kier alpha value is -2.76. The normalized spacial score (nSPS) is 16.4. The van der Waals surface area contributed by atoms with E-state index >= 15 is 0 Å². The number of aromatic nitrogens is 2. The zero-order valence-electron chi connectivity index (χ0n) is 17.2. The molecule has 1 saturated heterocycles. The summed E-state index contributed by atoms with van der Waals surface area (Å²) in [6.07, 6.45) is 9.88. The molecule has 0 spiro atoms. The number of piperidine rings is 1. The number of carbonyl (C=O) groups is 2. The van der Waals surface area contributed by atoms with Crippen molar-refractivity contribution in [1.29, 1.82) is 0 Å². The number of hydrogen-bond acceptors (Lipinski definition) is 4. The molecule has 0 saturated carbocycles. The van der Waals surface area contributed by atoms with Gasteiger partial charge in [-0.2, -0.15) is 0 Å². The van der Waals surface area contributed by atoms with E-state index in [9.17, 15) is 9.59 Å². The number of rotatable bonds is 8. The van der Waals surface area contributed by atoms with E-state index in [-0.39, 0.29) is 11.8 Å². The lowest BCUT2D eigenvalue weighted by Gasteiger charge is -2.33. The molecular formula is C23H30N4O2. The molecule has 154 valence electrons. The van der Waals surface area contributed by atoms with Crippen LogP contribution in [0.3, 0.4) is 0 Å². The van der Waals surface area contributed by atoms with Crippen molar-refractivity contribution in [3.8, 4) is 0 Å². The summed E-state index contributed by atoms with van der Waals surface area (Å²) in [4.78, 5) is 37.2. The first-order valence-corrected chi connectivity index (χ1v) is 10.4. The van der Waals surface area contributed by atoms with Gasteiger partial charge in [0.15, 0.2) is 0 Å². The average molecular weight is 395 g/mol. The average Bonchev–Trinajstić information content (AvgIpc) is 2.77. The van der Waals surface area contributed by atoms with E-state index in [0.29, 0.717) is 25.3 Å². The van der Waals surface area contributed by atoms with Crippen LogP contribution in [0.15, 0.2) is 48.9 Å². The molecule has 1 atom stereocenters. The SMILES string of the molecule is CN(CCc1ccccn1)C(=O)CCC1CCCN(C(=O)Cc2cccnc2)C1. The van der Waals surface area contributed by atoms with E-state index in [0.717, 1.165) is 50.0 Å². The van der Waals surface area contributed by atoms with Crippen LogP contribution in [0.1, 0.15) is 36.9 Å². The number of pyridine rings is 2. The summed E-state index contributed by atoms with van der Waals surface area (Å²) in [5.74, 6) is 0.719. The monoisotopic (exact) mass is 394 g/mol.